The van der Waals surface area contributed by atoms with Gasteiger partial charge in [-0.25, -0.2) is 8.42 Å². The molecule has 0 spiro atoms. The lowest BCUT2D eigenvalue weighted by Gasteiger charge is -2.32. The number of carbonyl (C=O) groups is 2. The van der Waals surface area contributed by atoms with Crippen LogP contribution in [0.15, 0.2) is 48.5 Å². The maximum Gasteiger partial charge on any atom is 0.242 e. The molecule has 0 aliphatic heterocycles. The molecule has 2 rings (SSSR count). The molecule has 1 unspecified atom stereocenters. The van der Waals surface area contributed by atoms with Gasteiger partial charge in [-0.2, -0.15) is 0 Å². The summed E-state index contributed by atoms with van der Waals surface area (Å²) in [5, 5.41) is 3.43. The number of anilines is 1. The number of benzene rings is 2. The van der Waals surface area contributed by atoms with Crippen molar-refractivity contribution in [2.24, 2.45) is 0 Å². The van der Waals surface area contributed by atoms with Gasteiger partial charge in [0, 0.05) is 30.1 Å². The molecule has 0 saturated carbocycles. The number of nitrogens with zero attached hydrogens (tertiary/aromatic N) is 2. The highest BCUT2D eigenvalue weighted by Crippen LogP contribution is 2.22. The zero-order valence-electron chi connectivity index (χ0n) is 21.7. The molecule has 0 aliphatic rings. The quantitative estimate of drug-likeness (QED) is 0.463. The Morgan fingerprint density at radius 1 is 1.11 bits per heavy atom. The van der Waals surface area contributed by atoms with Gasteiger partial charge in [-0.15, -0.1) is 0 Å². The lowest BCUT2D eigenvalue weighted by molar-refractivity contribution is -0.141. The number of halogens is 1. The van der Waals surface area contributed by atoms with E-state index in [0.29, 0.717) is 16.5 Å². The van der Waals surface area contributed by atoms with Crippen molar-refractivity contribution < 1.29 is 22.7 Å². The predicted molar refractivity (Wildman–Crippen MR) is 144 cm³/mol. The molecule has 0 aliphatic carbocycles. The van der Waals surface area contributed by atoms with Crippen molar-refractivity contribution in [1.29, 1.82) is 0 Å². The van der Waals surface area contributed by atoms with Gasteiger partial charge in [0.2, 0.25) is 21.8 Å². The topological polar surface area (TPSA) is 96.0 Å². The molecule has 0 aromatic heterocycles. The van der Waals surface area contributed by atoms with E-state index in [2.05, 4.69) is 5.32 Å². The fourth-order valence-corrected chi connectivity index (χ4v) is 4.73. The number of hydrogen-bond donors (Lipinski definition) is 1. The zero-order valence-corrected chi connectivity index (χ0v) is 23.3. The second-order valence-corrected chi connectivity index (χ2v) is 12.0. The number of ether oxygens (including phenoxy) is 1. The Balaban J connectivity index is 2.20. The number of sulfonamides is 1. The van der Waals surface area contributed by atoms with Crippen LogP contribution in [0.1, 0.15) is 46.1 Å². The van der Waals surface area contributed by atoms with Gasteiger partial charge in [-0.05, 0) is 76.1 Å². The Bertz CT molecular complexity index is 1150. The zero-order chi connectivity index (χ0) is 27.1. The minimum absolute atomic E-state index is 0.0662. The van der Waals surface area contributed by atoms with Crippen molar-refractivity contribution in [2.75, 3.05) is 24.2 Å². The van der Waals surface area contributed by atoms with Crippen LogP contribution in [0.3, 0.4) is 0 Å². The first-order valence-electron chi connectivity index (χ1n) is 11.7. The van der Waals surface area contributed by atoms with Gasteiger partial charge >= 0.3 is 0 Å². The molecule has 0 bridgehead atoms. The molecule has 2 aromatic carbocycles. The summed E-state index contributed by atoms with van der Waals surface area (Å²) < 4.78 is 31.3. The maximum absolute atomic E-state index is 13.4. The maximum atomic E-state index is 13.4. The molecular formula is C26H36ClN3O5S. The Morgan fingerprint density at radius 2 is 1.75 bits per heavy atom. The molecule has 2 aromatic rings. The van der Waals surface area contributed by atoms with E-state index in [1.165, 1.54) is 9.21 Å². The Kier molecular flexibility index (Phi) is 10.2. The lowest BCUT2D eigenvalue weighted by atomic mass is 10.1. The first-order valence-corrected chi connectivity index (χ1v) is 13.9. The third kappa shape index (κ3) is 9.02. The van der Waals surface area contributed by atoms with Gasteiger partial charge in [0.15, 0.2) is 0 Å². The number of rotatable bonds is 11. The molecule has 1 atom stereocenters. The van der Waals surface area contributed by atoms with Crippen LogP contribution >= 0.6 is 11.6 Å². The highest BCUT2D eigenvalue weighted by Gasteiger charge is 2.28. The van der Waals surface area contributed by atoms with E-state index in [-0.39, 0.29) is 37.7 Å². The highest BCUT2D eigenvalue weighted by atomic mass is 35.5. The Labute approximate surface area is 219 Å². The van der Waals surface area contributed by atoms with Crippen LogP contribution in [-0.4, -0.2) is 56.6 Å². The summed E-state index contributed by atoms with van der Waals surface area (Å²) in [6, 6.07) is 13.1. The highest BCUT2D eigenvalue weighted by molar-refractivity contribution is 7.92. The average Bonchev–Trinajstić information content (AvgIpc) is 2.78. The van der Waals surface area contributed by atoms with Gasteiger partial charge in [-0.1, -0.05) is 23.7 Å². The Morgan fingerprint density at radius 3 is 2.31 bits per heavy atom. The first-order chi connectivity index (χ1) is 16.7. The Hall–Kier alpha value is -2.78. The molecule has 0 saturated heterocycles. The summed E-state index contributed by atoms with van der Waals surface area (Å²) in [5.41, 5.74) is 0.836. The van der Waals surface area contributed by atoms with Gasteiger partial charge in [0.05, 0.1) is 19.1 Å². The van der Waals surface area contributed by atoms with E-state index in [1.54, 1.807) is 38.3 Å². The molecule has 10 heteroatoms. The number of nitrogens with one attached hydrogen (secondary N) is 1. The van der Waals surface area contributed by atoms with Gasteiger partial charge in [-0.3, -0.25) is 13.9 Å². The van der Waals surface area contributed by atoms with Gasteiger partial charge in [0.25, 0.3) is 0 Å². The molecule has 198 valence electrons. The summed E-state index contributed by atoms with van der Waals surface area (Å²) in [5.74, 6) is 0.134. The smallest absolute Gasteiger partial charge is 0.242 e. The molecule has 8 nitrogen and oxygen atoms in total. The van der Waals surface area contributed by atoms with E-state index in [4.69, 9.17) is 16.3 Å². The molecule has 0 radical (unpaired) electrons. The van der Waals surface area contributed by atoms with Gasteiger partial charge in [0.1, 0.15) is 11.8 Å². The first kappa shape index (κ1) is 29.5. The van der Waals surface area contributed by atoms with E-state index in [0.717, 1.165) is 11.8 Å². The van der Waals surface area contributed by atoms with Crippen LogP contribution in [0.2, 0.25) is 5.02 Å². The van der Waals surface area contributed by atoms with Crippen molar-refractivity contribution in [3.63, 3.8) is 0 Å². The number of methoxy groups -OCH3 is 1. The fraction of sp³-hybridized carbons (Fsp3) is 0.462. The minimum Gasteiger partial charge on any atom is -0.497 e. The van der Waals surface area contributed by atoms with Crippen molar-refractivity contribution in [3.8, 4) is 5.75 Å². The van der Waals surface area contributed by atoms with Crippen molar-refractivity contribution >= 4 is 39.1 Å². The van der Waals surface area contributed by atoms with Crippen molar-refractivity contribution in [2.45, 2.75) is 58.7 Å². The van der Waals surface area contributed by atoms with Crippen LogP contribution in [0, 0.1) is 0 Å². The van der Waals surface area contributed by atoms with Crippen LogP contribution in [0.25, 0.3) is 0 Å². The molecule has 1 N–H and O–H groups in total. The monoisotopic (exact) mass is 537 g/mol. The summed E-state index contributed by atoms with van der Waals surface area (Å²) in [6.45, 7) is 7.65. The van der Waals surface area contributed by atoms with Crippen LogP contribution in [0.4, 0.5) is 5.69 Å². The van der Waals surface area contributed by atoms with Gasteiger partial charge < -0.3 is 15.0 Å². The molecule has 2 amide bonds. The summed E-state index contributed by atoms with van der Waals surface area (Å²) in [6.07, 6.45) is 1.46. The summed E-state index contributed by atoms with van der Waals surface area (Å²) in [7, 11) is -2.00. The van der Waals surface area contributed by atoms with Crippen molar-refractivity contribution in [3.05, 3.63) is 59.1 Å². The fourth-order valence-electron chi connectivity index (χ4n) is 3.64. The normalized spacial score (nSPS) is 12.5. The minimum atomic E-state index is -3.57. The van der Waals surface area contributed by atoms with E-state index >= 15 is 0 Å². The molecule has 36 heavy (non-hydrogen) atoms. The van der Waals surface area contributed by atoms with E-state index < -0.39 is 21.6 Å². The van der Waals surface area contributed by atoms with Crippen LogP contribution in [-0.2, 0) is 26.2 Å². The molecule has 0 fully saturated rings. The third-order valence-electron chi connectivity index (χ3n) is 5.42. The molecular weight excluding hydrogens is 502 g/mol. The number of carbonyl (C=O) groups excluding carboxylic acids is 2. The molecule has 0 heterocycles. The lowest BCUT2D eigenvalue weighted by Crippen LogP contribution is -2.52. The predicted octanol–water partition coefficient (Wildman–Crippen LogP) is 4.23. The van der Waals surface area contributed by atoms with E-state index in [9.17, 15) is 18.0 Å². The average molecular weight is 538 g/mol. The van der Waals surface area contributed by atoms with Crippen LogP contribution < -0.4 is 14.4 Å². The number of amides is 2. The summed E-state index contributed by atoms with van der Waals surface area (Å²) >= 11 is 5.93. The largest absolute Gasteiger partial charge is 0.497 e. The second-order valence-electron chi connectivity index (χ2n) is 9.70. The van der Waals surface area contributed by atoms with Crippen molar-refractivity contribution in [1.82, 2.24) is 10.2 Å². The van der Waals surface area contributed by atoms with E-state index in [1.807, 2.05) is 45.0 Å². The number of hydrogen-bond acceptors (Lipinski definition) is 5. The third-order valence-corrected chi connectivity index (χ3v) is 6.87. The summed E-state index contributed by atoms with van der Waals surface area (Å²) in [4.78, 5) is 27.8. The standard InChI is InChI=1S/C26H36ClN3O5S/c1-19(25(32)28-26(2,3)4)29(18-20-9-7-10-23(17-20)35-5)24(31)11-8-16-30(36(6,33)34)22-14-12-21(27)13-15-22/h7,9-10,12-15,17,19H,8,11,16,18H2,1-6H3,(H,28,32). The second kappa shape index (κ2) is 12.5. The SMILES string of the molecule is COc1cccc(CN(C(=O)CCCN(c2ccc(Cl)cc2)S(C)(=O)=O)C(C)C(=O)NC(C)(C)C)c1. The van der Waals surface area contributed by atoms with Crippen LogP contribution in [0.5, 0.6) is 5.75 Å².